The Morgan fingerprint density at radius 3 is 2.36 bits per heavy atom. The van der Waals surface area contributed by atoms with Crippen LogP contribution in [-0.2, 0) is 6.61 Å². The average molecular weight is 378 g/mol. The van der Waals surface area contributed by atoms with Gasteiger partial charge in [0.05, 0.1) is 0 Å². The van der Waals surface area contributed by atoms with E-state index in [9.17, 15) is 24.1 Å². The van der Waals surface area contributed by atoms with Gasteiger partial charge in [0.15, 0.2) is 0 Å². The predicted molar refractivity (Wildman–Crippen MR) is 97.0 cm³/mol. The summed E-state index contributed by atoms with van der Waals surface area (Å²) in [5.41, 5.74) is 5.45. The molecule has 138 valence electrons. The van der Waals surface area contributed by atoms with Gasteiger partial charge in [-0.25, -0.2) is 8.78 Å². The van der Waals surface area contributed by atoms with Crippen molar-refractivity contribution in [3.05, 3.63) is 81.1 Å². The van der Waals surface area contributed by atoms with Crippen LogP contribution in [0.25, 0.3) is 11.1 Å². The predicted octanol–water partition coefficient (Wildman–Crippen LogP) is 3.22. The fourth-order valence-corrected chi connectivity index (χ4v) is 2.73. The van der Waals surface area contributed by atoms with E-state index in [4.69, 9.17) is 10.5 Å². The molecule has 0 fully saturated rings. The Kier molecular flexibility index (Phi) is 5.05. The zero-order valence-electron chi connectivity index (χ0n) is 14.3. The second-order valence-corrected chi connectivity index (χ2v) is 5.81. The Morgan fingerprint density at radius 2 is 1.71 bits per heavy atom. The maximum absolute atomic E-state index is 13.3. The topological polar surface area (TPSA) is 116 Å². The van der Waals surface area contributed by atoms with Crippen molar-refractivity contribution in [2.45, 2.75) is 6.61 Å². The Labute approximate surface area is 158 Å². The van der Waals surface area contributed by atoms with Gasteiger partial charge in [-0.15, -0.1) is 0 Å². The molecule has 0 aliphatic heterocycles. The number of nitrogens with one attached hydrogen (secondary N) is 1. The number of H-pyrrole nitrogens is 1. The van der Waals surface area contributed by atoms with Crippen LogP contribution in [-0.4, -0.2) is 4.98 Å². The van der Waals surface area contributed by atoms with Gasteiger partial charge in [0.25, 0.3) is 5.56 Å². The minimum Gasteiger partial charge on any atom is -0.489 e. The maximum Gasteiger partial charge on any atom is 0.268 e. The molecule has 3 rings (SSSR count). The van der Waals surface area contributed by atoms with Crippen LogP contribution in [0.1, 0.15) is 16.7 Å². The zero-order valence-corrected chi connectivity index (χ0v) is 14.3. The van der Waals surface area contributed by atoms with E-state index < -0.39 is 17.2 Å². The van der Waals surface area contributed by atoms with Gasteiger partial charge in [-0.1, -0.05) is 12.1 Å². The molecule has 0 spiro atoms. The van der Waals surface area contributed by atoms with Gasteiger partial charge in [0.1, 0.15) is 53.1 Å². The number of ether oxygens (including phenoxy) is 1. The largest absolute Gasteiger partial charge is 0.489 e. The van der Waals surface area contributed by atoms with Crippen molar-refractivity contribution in [2.75, 3.05) is 5.73 Å². The highest BCUT2D eigenvalue weighted by Gasteiger charge is 2.18. The van der Waals surface area contributed by atoms with Gasteiger partial charge in [-0.05, 0) is 35.4 Å². The van der Waals surface area contributed by atoms with Crippen molar-refractivity contribution < 1.29 is 13.5 Å². The molecule has 28 heavy (non-hydrogen) atoms. The summed E-state index contributed by atoms with van der Waals surface area (Å²) in [4.78, 5) is 14.3. The number of nitrogens with zero attached hydrogens (tertiary/aromatic N) is 2. The number of pyridine rings is 1. The molecule has 0 saturated heterocycles. The minimum absolute atomic E-state index is 0.0412. The van der Waals surface area contributed by atoms with Gasteiger partial charge in [0.2, 0.25) is 0 Å². The Hall–Kier alpha value is -4.17. The van der Waals surface area contributed by atoms with E-state index in [0.717, 1.165) is 18.2 Å². The van der Waals surface area contributed by atoms with Gasteiger partial charge < -0.3 is 15.5 Å². The van der Waals surface area contributed by atoms with Crippen LogP contribution in [0.4, 0.5) is 14.6 Å². The third kappa shape index (κ3) is 3.67. The number of nitrogen functional groups attached to an aromatic ring is 1. The van der Waals surface area contributed by atoms with E-state index in [1.54, 1.807) is 24.3 Å². The van der Waals surface area contributed by atoms with Crippen molar-refractivity contribution >= 4 is 5.82 Å². The third-order valence-corrected chi connectivity index (χ3v) is 3.92. The molecule has 8 heteroatoms. The molecule has 6 nitrogen and oxygen atoms in total. The molecule has 0 unspecified atom stereocenters. The van der Waals surface area contributed by atoms with Crippen LogP contribution in [0, 0.1) is 34.3 Å². The van der Waals surface area contributed by atoms with Crippen LogP contribution in [0.3, 0.4) is 0 Å². The molecule has 0 bridgehead atoms. The number of aromatic nitrogens is 1. The van der Waals surface area contributed by atoms with E-state index in [1.807, 2.05) is 6.07 Å². The van der Waals surface area contributed by atoms with Crippen molar-refractivity contribution in [3.8, 4) is 29.0 Å². The number of nitriles is 2. The fourth-order valence-electron chi connectivity index (χ4n) is 2.73. The number of hydrogen-bond donors (Lipinski definition) is 2. The van der Waals surface area contributed by atoms with Gasteiger partial charge >= 0.3 is 0 Å². The molecule has 0 amide bonds. The SMILES string of the molecule is N#Cc1c(N)[nH]c(=O)c(C#N)c1-c1cccc(OCc2cc(F)cc(F)c2)c1. The Balaban J connectivity index is 2.00. The first-order valence-corrected chi connectivity index (χ1v) is 7.97. The lowest BCUT2D eigenvalue weighted by atomic mass is 9.96. The molecule has 1 aromatic heterocycles. The summed E-state index contributed by atoms with van der Waals surface area (Å²) < 4.78 is 32.1. The van der Waals surface area contributed by atoms with Crippen LogP contribution in [0.2, 0.25) is 0 Å². The molecule has 0 aliphatic rings. The Bertz CT molecular complexity index is 1190. The highest BCUT2D eigenvalue weighted by Crippen LogP contribution is 2.30. The molecular formula is C20H12F2N4O2. The number of benzene rings is 2. The second kappa shape index (κ2) is 7.60. The van der Waals surface area contributed by atoms with Crippen molar-refractivity contribution in [3.63, 3.8) is 0 Å². The zero-order chi connectivity index (χ0) is 20.3. The van der Waals surface area contributed by atoms with E-state index >= 15 is 0 Å². The van der Waals surface area contributed by atoms with Crippen LogP contribution >= 0.6 is 0 Å². The van der Waals surface area contributed by atoms with E-state index in [-0.39, 0.29) is 29.1 Å². The first kappa shape index (κ1) is 18.6. The number of halogens is 2. The number of aromatic amines is 1. The fraction of sp³-hybridized carbons (Fsp3) is 0.0500. The number of nitrogens with two attached hydrogens (primary N) is 1. The smallest absolute Gasteiger partial charge is 0.268 e. The molecule has 2 aromatic carbocycles. The van der Waals surface area contributed by atoms with Crippen LogP contribution in [0.5, 0.6) is 5.75 Å². The third-order valence-electron chi connectivity index (χ3n) is 3.92. The Morgan fingerprint density at radius 1 is 1.04 bits per heavy atom. The maximum atomic E-state index is 13.3. The number of hydrogen-bond acceptors (Lipinski definition) is 5. The van der Waals surface area contributed by atoms with Crippen molar-refractivity contribution in [2.24, 2.45) is 0 Å². The van der Waals surface area contributed by atoms with Crippen molar-refractivity contribution in [1.82, 2.24) is 4.98 Å². The monoisotopic (exact) mass is 378 g/mol. The second-order valence-electron chi connectivity index (χ2n) is 5.81. The molecular weight excluding hydrogens is 366 g/mol. The summed E-state index contributed by atoms with van der Waals surface area (Å²) in [7, 11) is 0. The number of rotatable bonds is 4. The normalized spacial score (nSPS) is 10.1. The summed E-state index contributed by atoms with van der Waals surface area (Å²) in [6.07, 6.45) is 0. The lowest BCUT2D eigenvalue weighted by Gasteiger charge is -2.11. The van der Waals surface area contributed by atoms with E-state index in [0.29, 0.717) is 16.9 Å². The highest BCUT2D eigenvalue weighted by atomic mass is 19.1. The molecule has 0 saturated carbocycles. The average Bonchev–Trinajstić information content (AvgIpc) is 2.65. The van der Waals surface area contributed by atoms with Crippen LogP contribution < -0.4 is 16.0 Å². The lowest BCUT2D eigenvalue weighted by Crippen LogP contribution is -2.16. The van der Waals surface area contributed by atoms with Gasteiger partial charge in [-0.2, -0.15) is 10.5 Å². The highest BCUT2D eigenvalue weighted by molar-refractivity contribution is 5.80. The summed E-state index contributed by atoms with van der Waals surface area (Å²) in [5.74, 6) is -1.27. The minimum atomic E-state index is -0.719. The standard InChI is InChI=1S/C20H12F2N4O2/c21-13-4-11(5-14(22)7-13)10-28-15-3-1-2-12(6-15)18-16(8-23)19(25)26-20(27)17(18)9-24/h1-7H,10H2,(H3,25,26,27). The quantitative estimate of drug-likeness (QED) is 0.723. The summed E-state index contributed by atoms with van der Waals surface area (Å²) >= 11 is 0. The van der Waals surface area contributed by atoms with Crippen LogP contribution in [0.15, 0.2) is 47.3 Å². The summed E-state index contributed by atoms with van der Waals surface area (Å²) in [5, 5.41) is 18.7. The molecule has 3 aromatic rings. The molecule has 0 aliphatic carbocycles. The van der Waals surface area contributed by atoms with Gasteiger partial charge in [-0.3, -0.25) is 4.79 Å². The van der Waals surface area contributed by atoms with Crippen molar-refractivity contribution in [1.29, 1.82) is 10.5 Å². The first-order chi connectivity index (χ1) is 13.4. The molecule has 0 radical (unpaired) electrons. The summed E-state index contributed by atoms with van der Waals surface area (Å²) in [6, 6.07) is 13.0. The van der Waals surface area contributed by atoms with E-state index in [2.05, 4.69) is 4.98 Å². The first-order valence-electron chi connectivity index (χ1n) is 7.97. The van der Waals surface area contributed by atoms with Gasteiger partial charge in [0, 0.05) is 11.6 Å². The molecule has 1 heterocycles. The lowest BCUT2D eigenvalue weighted by molar-refractivity contribution is 0.305. The summed E-state index contributed by atoms with van der Waals surface area (Å²) in [6.45, 7) is -0.105. The number of anilines is 1. The molecule has 3 N–H and O–H groups in total. The van der Waals surface area contributed by atoms with E-state index in [1.165, 1.54) is 6.07 Å². The molecule has 0 atom stereocenters.